The highest BCUT2D eigenvalue weighted by Crippen LogP contribution is 2.36. The average molecular weight is 953 g/mol. The lowest BCUT2D eigenvalue weighted by atomic mass is 9.80. The number of nitrogens with zero attached hydrogens (tertiary/aromatic N) is 2. The van der Waals surface area contributed by atoms with Gasteiger partial charge in [-0.15, -0.1) is 0 Å². The van der Waals surface area contributed by atoms with Gasteiger partial charge in [-0.2, -0.15) is 0 Å². The van der Waals surface area contributed by atoms with Crippen LogP contribution >= 0.6 is 0 Å². The van der Waals surface area contributed by atoms with E-state index in [1.54, 1.807) is 58.3 Å². The molecule has 366 valence electrons. The lowest BCUT2D eigenvalue weighted by Gasteiger charge is -2.32. The predicted molar refractivity (Wildman–Crippen MR) is 250 cm³/mol. The summed E-state index contributed by atoms with van der Waals surface area (Å²) < 4.78 is 53.7. The van der Waals surface area contributed by atoms with E-state index in [1.807, 2.05) is 0 Å². The number of hydrogen-bond acceptors (Lipinski definition) is 6. The van der Waals surface area contributed by atoms with Crippen molar-refractivity contribution in [1.82, 2.24) is 31.1 Å². The Labute approximate surface area is 400 Å². The van der Waals surface area contributed by atoms with Crippen molar-refractivity contribution >= 4 is 35.4 Å². The maximum Gasteiger partial charge on any atom is 0.225 e. The number of halogens is 4. The topological polar surface area (TPSA) is 157 Å². The molecule has 6 amide bonds. The van der Waals surface area contributed by atoms with Crippen molar-refractivity contribution in [3.8, 4) is 0 Å². The Hall–Kier alpha value is -6.58. The third kappa shape index (κ3) is 14.2. The third-order valence-electron chi connectivity index (χ3n) is 13.8. The number of carbonyl (C=O) groups is 6. The van der Waals surface area contributed by atoms with Gasteiger partial charge >= 0.3 is 0 Å². The number of nitrogens with one attached hydrogen (secondary N) is 4. The molecule has 4 N–H and O–H groups in total. The second kappa shape index (κ2) is 24.1. The molecule has 3 unspecified atom stereocenters. The molecule has 4 aromatic carbocycles. The highest BCUT2D eigenvalue weighted by molar-refractivity contribution is 5.91. The van der Waals surface area contributed by atoms with E-state index in [-0.39, 0.29) is 111 Å². The van der Waals surface area contributed by atoms with Crippen LogP contribution in [0.4, 0.5) is 17.6 Å². The molecule has 0 bridgehead atoms. The monoisotopic (exact) mass is 952 g/mol. The van der Waals surface area contributed by atoms with Crippen molar-refractivity contribution in [3.05, 3.63) is 143 Å². The molecular weight excluding hydrogens is 893 g/mol. The van der Waals surface area contributed by atoms with E-state index in [2.05, 4.69) is 21.3 Å². The SMILES string of the molecule is O=C(CC1CN(C(=O)C2CCC(C(=O)N3CC(C(=O)NCCc4ccc(F)cc4)[C@H](C(=O)NCCc4ccc(F)cc4)C3)CC2)CC1C(=O)NCCc1ccc(F)cc1)NCCc1ccc(F)cc1. The number of carbonyl (C=O) groups excluding carboxylic acids is 6. The van der Waals surface area contributed by atoms with Crippen LogP contribution in [0, 0.1) is 58.8 Å². The molecule has 2 saturated heterocycles. The Morgan fingerprint density at radius 1 is 0.406 bits per heavy atom. The van der Waals surface area contributed by atoms with Crippen molar-refractivity contribution in [2.75, 3.05) is 52.4 Å². The molecule has 0 aromatic heterocycles. The first-order chi connectivity index (χ1) is 33.3. The average Bonchev–Trinajstić information content (AvgIpc) is 3.99. The molecule has 2 heterocycles. The minimum atomic E-state index is -0.820. The molecule has 2 aliphatic heterocycles. The second-order valence-corrected chi connectivity index (χ2v) is 18.5. The first kappa shape index (κ1) is 50.3. The van der Waals surface area contributed by atoms with Crippen LogP contribution in [0.25, 0.3) is 0 Å². The predicted octanol–water partition coefficient (Wildman–Crippen LogP) is 5.32. The van der Waals surface area contributed by atoms with Gasteiger partial charge in [-0.05, 0) is 128 Å². The highest BCUT2D eigenvalue weighted by Gasteiger charge is 2.46. The second-order valence-electron chi connectivity index (χ2n) is 18.5. The van der Waals surface area contributed by atoms with Gasteiger partial charge in [0.1, 0.15) is 23.3 Å². The van der Waals surface area contributed by atoms with Crippen LogP contribution in [-0.2, 0) is 54.5 Å². The van der Waals surface area contributed by atoms with Gasteiger partial charge in [0, 0.05) is 70.6 Å². The van der Waals surface area contributed by atoms with Crippen LogP contribution in [0.2, 0.25) is 0 Å². The molecule has 7 rings (SSSR count). The van der Waals surface area contributed by atoms with Crippen LogP contribution in [0.1, 0.15) is 54.4 Å². The van der Waals surface area contributed by atoms with Crippen LogP contribution in [0.15, 0.2) is 97.1 Å². The van der Waals surface area contributed by atoms with Crippen molar-refractivity contribution in [2.45, 2.75) is 57.8 Å². The number of hydrogen-bond donors (Lipinski definition) is 4. The molecule has 1 saturated carbocycles. The van der Waals surface area contributed by atoms with Gasteiger partial charge < -0.3 is 31.1 Å². The smallest absolute Gasteiger partial charge is 0.225 e. The van der Waals surface area contributed by atoms with Gasteiger partial charge in [-0.25, -0.2) is 17.6 Å². The zero-order chi connectivity index (χ0) is 48.9. The largest absolute Gasteiger partial charge is 0.356 e. The number of amides is 6. The van der Waals surface area contributed by atoms with E-state index in [9.17, 15) is 46.3 Å². The summed E-state index contributed by atoms with van der Waals surface area (Å²) >= 11 is 0. The number of benzene rings is 4. The Bertz CT molecular complexity index is 2330. The quantitative estimate of drug-likeness (QED) is 0.0933. The van der Waals surface area contributed by atoms with Gasteiger partial charge in [0.05, 0.1) is 17.8 Å². The lowest BCUT2D eigenvalue weighted by molar-refractivity contribution is -0.141. The Morgan fingerprint density at radius 2 is 0.696 bits per heavy atom. The summed E-state index contributed by atoms with van der Waals surface area (Å²) in [6, 6.07) is 24.0. The van der Waals surface area contributed by atoms with E-state index in [0.717, 1.165) is 22.3 Å². The summed E-state index contributed by atoms with van der Waals surface area (Å²) in [5, 5.41) is 11.7. The van der Waals surface area contributed by atoms with Gasteiger partial charge in [0.25, 0.3) is 0 Å². The first-order valence-corrected chi connectivity index (χ1v) is 23.9. The minimum absolute atomic E-state index is 0.0147. The maximum absolute atomic E-state index is 14.2. The van der Waals surface area contributed by atoms with Crippen LogP contribution in [0.5, 0.6) is 0 Å². The molecule has 69 heavy (non-hydrogen) atoms. The number of likely N-dealkylation sites (tertiary alicyclic amines) is 2. The van der Waals surface area contributed by atoms with Gasteiger partial charge in [-0.1, -0.05) is 48.5 Å². The van der Waals surface area contributed by atoms with Gasteiger partial charge in [-0.3, -0.25) is 28.8 Å². The van der Waals surface area contributed by atoms with E-state index >= 15 is 0 Å². The fraction of sp³-hybridized carbons (Fsp3) is 0.434. The molecule has 4 atom stereocenters. The Balaban J connectivity index is 0.936. The molecule has 16 heteroatoms. The molecular formula is C53H60F4N6O6. The van der Waals surface area contributed by atoms with Gasteiger partial charge in [0.15, 0.2) is 0 Å². The van der Waals surface area contributed by atoms with Crippen molar-refractivity contribution in [3.63, 3.8) is 0 Å². The third-order valence-corrected chi connectivity index (χ3v) is 13.8. The minimum Gasteiger partial charge on any atom is -0.356 e. The molecule has 0 spiro atoms. The zero-order valence-corrected chi connectivity index (χ0v) is 38.6. The molecule has 4 aromatic rings. The normalized spacial score (nSPS) is 21.1. The Kier molecular flexibility index (Phi) is 17.6. The lowest BCUT2D eigenvalue weighted by Crippen LogP contribution is -2.42. The van der Waals surface area contributed by atoms with Gasteiger partial charge in [0.2, 0.25) is 35.4 Å². The van der Waals surface area contributed by atoms with Crippen molar-refractivity contribution in [2.24, 2.45) is 35.5 Å². The van der Waals surface area contributed by atoms with Crippen molar-refractivity contribution in [1.29, 1.82) is 0 Å². The van der Waals surface area contributed by atoms with E-state index in [4.69, 9.17) is 0 Å². The molecule has 3 aliphatic rings. The molecule has 0 radical (unpaired) electrons. The molecule has 3 fully saturated rings. The summed E-state index contributed by atoms with van der Waals surface area (Å²) in [6.45, 7) is 1.50. The Morgan fingerprint density at radius 3 is 1.04 bits per heavy atom. The summed E-state index contributed by atoms with van der Waals surface area (Å²) in [5.74, 6) is -6.64. The molecule has 1 aliphatic carbocycles. The maximum atomic E-state index is 14.2. The van der Waals surface area contributed by atoms with Crippen LogP contribution < -0.4 is 21.3 Å². The fourth-order valence-corrected chi connectivity index (χ4v) is 9.82. The summed E-state index contributed by atoms with van der Waals surface area (Å²) in [5.41, 5.74) is 3.35. The van der Waals surface area contributed by atoms with Crippen LogP contribution in [-0.4, -0.2) is 97.6 Å². The first-order valence-electron chi connectivity index (χ1n) is 23.9. The fourth-order valence-electron chi connectivity index (χ4n) is 9.82. The standard InChI is InChI=1S/C53H60F4N6O6/c54-41-13-1-34(2-14-41)21-25-58-48(64)29-40-30-62(31-45(40)49(65)59-26-22-35-3-15-42(55)16-4-35)52(68)38-9-11-39(12-10-38)53(69)63-32-46(50(66)60-27-23-36-5-17-43(56)18-6-36)47(33-63)51(67)61-28-24-37-7-19-44(57)20-8-37/h1-8,13-20,38-40,45-47H,9-12,21-33H2,(H,58,64)(H,59,65)(H,60,66)(H,61,67)/t38?,39?,40?,45?,46-,47?/m1/s1. The van der Waals surface area contributed by atoms with E-state index in [1.165, 1.54) is 48.5 Å². The van der Waals surface area contributed by atoms with Crippen LogP contribution in [0.3, 0.4) is 0 Å². The van der Waals surface area contributed by atoms with E-state index in [0.29, 0.717) is 57.9 Å². The summed E-state index contributed by atoms with van der Waals surface area (Å²) in [7, 11) is 0. The number of rotatable bonds is 19. The van der Waals surface area contributed by atoms with Crippen molar-refractivity contribution < 1.29 is 46.3 Å². The summed E-state index contributed by atoms with van der Waals surface area (Å²) in [6.07, 6.45) is 3.52. The molecule has 12 nitrogen and oxygen atoms in total. The summed E-state index contributed by atoms with van der Waals surface area (Å²) in [4.78, 5) is 85.8. The zero-order valence-electron chi connectivity index (χ0n) is 38.6. The highest BCUT2D eigenvalue weighted by atomic mass is 19.1. The van der Waals surface area contributed by atoms with E-state index < -0.39 is 35.5 Å².